The molecule has 1 aliphatic carbocycles. The minimum atomic E-state index is -0.799. The largest absolute Gasteiger partial charge is 0.457 e. The van der Waals surface area contributed by atoms with Gasteiger partial charge in [0.2, 0.25) is 0 Å². The third kappa shape index (κ3) is 5.73. The Balaban J connectivity index is 1.49. The number of amides is 2. The first-order valence-corrected chi connectivity index (χ1v) is 9.62. The molecule has 0 unspecified atom stereocenters. The van der Waals surface area contributed by atoms with Crippen LogP contribution < -0.4 is 15.4 Å². The molecule has 0 saturated heterocycles. The number of nitriles is 1. The van der Waals surface area contributed by atoms with Crippen LogP contribution in [0, 0.1) is 11.3 Å². The van der Waals surface area contributed by atoms with Gasteiger partial charge in [-0.05, 0) is 61.4 Å². The Labute approximate surface area is 165 Å². The third-order valence-electron chi connectivity index (χ3n) is 4.94. The summed E-state index contributed by atoms with van der Waals surface area (Å²) in [6, 6.07) is 15.6. The maximum Gasteiger partial charge on any atom is 0.319 e. The molecule has 2 aromatic carbocycles. The summed E-state index contributed by atoms with van der Waals surface area (Å²) in [6.07, 6.45) is 5.75. The smallest absolute Gasteiger partial charge is 0.319 e. The summed E-state index contributed by atoms with van der Waals surface area (Å²) < 4.78 is 5.72. The number of anilines is 1. The lowest BCUT2D eigenvalue weighted by atomic mass is 9.95. The molecule has 3 rings (SSSR count). The number of nitrogens with zero attached hydrogens (tertiary/aromatic N) is 1. The zero-order valence-electron chi connectivity index (χ0n) is 15.8. The highest BCUT2D eigenvalue weighted by atomic mass is 16.5. The highest BCUT2D eigenvalue weighted by molar-refractivity contribution is 5.89. The van der Waals surface area contributed by atoms with E-state index in [1.165, 1.54) is 0 Å². The van der Waals surface area contributed by atoms with Gasteiger partial charge in [-0.2, -0.15) is 5.26 Å². The molecule has 0 radical (unpaired) electrons. The van der Waals surface area contributed by atoms with Gasteiger partial charge in [0.1, 0.15) is 11.5 Å². The second-order valence-corrected chi connectivity index (χ2v) is 7.21. The molecule has 6 heteroatoms. The topological polar surface area (TPSA) is 94.4 Å². The molecule has 1 fully saturated rings. The molecule has 0 aliphatic heterocycles. The van der Waals surface area contributed by atoms with Crippen LogP contribution in [0.5, 0.6) is 11.5 Å². The van der Waals surface area contributed by atoms with Crippen LogP contribution in [0.2, 0.25) is 0 Å². The number of hydrogen-bond acceptors (Lipinski definition) is 4. The summed E-state index contributed by atoms with van der Waals surface area (Å²) >= 11 is 0. The monoisotopic (exact) mass is 379 g/mol. The summed E-state index contributed by atoms with van der Waals surface area (Å²) in [7, 11) is 0. The molecule has 2 aromatic rings. The lowest BCUT2D eigenvalue weighted by Gasteiger charge is -2.26. The Bertz CT molecular complexity index is 818. The molecule has 0 bridgehead atoms. The van der Waals surface area contributed by atoms with Crippen molar-refractivity contribution in [2.45, 2.75) is 44.1 Å². The van der Waals surface area contributed by atoms with Crippen LogP contribution in [0.15, 0.2) is 48.5 Å². The first-order valence-electron chi connectivity index (χ1n) is 9.62. The predicted molar refractivity (Wildman–Crippen MR) is 107 cm³/mol. The van der Waals surface area contributed by atoms with Gasteiger partial charge in [-0.15, -0.1) is 0 Å². The van der Waals surface area contributed by atoms with Gasteiger partial charge in [-0.25, -0.2) is 4.79 Å². The summed E-state index contributed by atoms with van der Waals surface area (Å²) in [5.74, 6) is 1.26. The molecule has 0 heterocycles. The molecule has 0 spiro atoms. The maximum absolute atomic E-state index is 12.1. The highest BCUT2D eigenvalue weighted by Gasteiger charge is 2.28. The van der Waals surface area contributed by atoms with E-state index >= 15 is 0 Å². The number of nitrogens with one attached hydrogen (secondary N) is 2. The van der Waals surface area contributed by atoms with Crippen molar-refractivity contribution in [2.75, 3.05) is 11.9 Å². The Morgan fingerprint density at radius 1 is 1.00 bits per heavy atom. The Morgan fingerprint density at radius 3 is 2.14 bits per heavy atom. The molecule has 146 valence electrons. The van der Waals surface area contributed by atoms with E-state index in [9.17, 15) is 9.90 Å². The van der Waals surface area contributed by atoms with E-state index in [0.29, 0.717) is 22.7 Å². The van der Waals surface area contributed by atoms with E-state index in [4.69, 9.17) is 10.00 Å². The van der Waals surface area contributed by atoms with Crippen LogP contribution in [-0.2, 0) is 0 Å². The van der Waals surface area contributed by atoms with Crippen LogP contribution in [0.3, 0.4) is 0 Å². The minimum Gasteiger partial charge on any atom is -0.457 e. The number of carbonyl (C=O) groups excluding carboxylic acids is 1. The van der Waals surface area contributed by atoms with Crippen molar-refractivity contribution in [3.05, 3.63) is 54.1 Å². The molecule has 2 amide bonds. The average molecular weight is 379 g/mol. The lowest BCUT2D eigenvalue weighted by Crippen LogP contribution is -2.44. The molecule has 1 aliphatic rings. The average Bonchev–Trinajstić information content (AvgIpc) is 2.93. The fraction of sp³-hybridized carbons (Fsp3) is 0.364. The molecular formula is C22H25N3O3. The summed E-state index contributed by atoms with van der Waals surface area (Å²) in [6.45, 7) is 0.263. The van der Waals surface area contributed by atoms with Crippen molar-refractivity contribution in [2.24, 2.45) is 0 Å². The van der Waals surface area contributed by atoms with Crippen molar-refractivity contribution in [1.82, 2.24) is 5.32 Å². The third-order valence-corrected chi connectivity index (χ3v) is 4.94. The summed E-state index contributed by atoms with van der Waals surface area (Å²) in [5, 5.41) is 25.0. The fourth-order valence-corrected chi connectivity index (χ4v) is 3.32. The second-order valence-electron chi connectivity index (χ2n) is 7.21. The van der Waals surface area contributed by atoms with E-state index in [1.807, 2.05) is 0 Å². The van der Waals surface area contributed by atoms with Crippen LogP contribution >= 0.6 is 0 Å². The summed E-state index contributed by atoms with van der Waals surface area (Å²) in [4.78, 5) is 12.1. The minimum absolute atomic E-state index is 0.263. The SMILES string of the molecule is N#Cc1ccc(Oc2ccc(NC(=O)NCC3(O)CCCCCC3)cc2)cc1. The lowest BCUT2D eigenvalue weighted by molar-refractivity contribution is 0.0281. The van der Waals surface area contributed by atoms with Crippen molar-refractivity contribution >= 4 is 11.7 Å². The quantitative estimate of drug-likeness (QED) is 0.664. The normalized spacial score (nSPS) is 15.7. The number of hydrogen-bond donors (Lipinski definition) is 3. The van der Waals surface area contributed by atoms with Gasteiger partial charge in [0, 0.05) is 12.2 Å². The molecule has 28 heavy (non-hydrogen) atoms. The van der Waals surface area contributed by atoms with Crippen molar-refractivity contribution in [3.8, 4) is 17.6 Å². The zero-order valence-corrected chi connectivity index (χ0v) is 15.8. The van der Waals surface area contributed by atoms with Gasteiger partial charge in [0.15, 0.2) is 0 Å². The Morgan fingerprint density at radius 2 is 1.57 bits per heavy atom. The number of rotatable bonds is 5. The fourth-order valence-electron chi connectivity index (χ4n) is 3.32. The predicted octanol–water partition coefficient (Wildman–Crippen LogP) is 4.56. The molecular weight excluding hydrogens is 354 g/mol. The van der Waals surface area contributed by atoms with E-state index in [1.54, 1.807) is 48.5 Å². The zero-order chi connectivity index (χ0) is 19.8. The maximum atomic E-state index is 12.1. The Kier molecular flexibility index (Phi) is 6.51. The molecule has 6 nitrogen and oxygen atoms in total. The van der Waals surface area contributed by atoms with E-state index in [-0.39, 0.29) is 12.6 Å². The van der Waals surface area contributed by atoms with Gasteiger partial charge in [-0.3, -0.25) is 0 Å². The second kappa shape index (κ2) is 9.25. The van der Waals surface area contributed by atoms with Gasteiger partial charge in [0.25, 0.3) is 0 Å². The van der Waals surface area contributed by atoms with E-state index in [0.717, 1.165) is 38.5 Å². The standard InChI is InChI=1S/C22H25N3O3/c23-15-17-5-9-19(10-6-17)28-20-11-7-18(8-12-20)25-21(26)24-16-22(27)13-3-1-2-4-14-22/h5-12,27H,1-4,13-14,16H2,(H2,24,25,26). The van der Waals surface area contributed by atoms with Crippen LogP contribution in [0.25, 0.3) is 0 Å². The van der Waals surface area contributed by atoms with Crippen molar-refractivity contribution in [3.63, 3.8) is 0 Å². The van der Waals surface area contributed by atoms with Crippen LogP contribution in [0.4, 0.5) is 10.5 Å². The number of ether oxygens (including phenoxy) is 1. The van der Waals surface area contributed by atoms with E-state index < -0.39 is 5.60 Å². The first-order chi connectivity index (χ1) is 13.6. The molecule has 0 atom stereocenters. The number of urea groups is 1. The van der Waals surface area contributed by atoms with Gasteiger partial charge in [0.05, 0.1) is 17.2 Å². The number of carbonyl (C=O) groups is 1. The highest BCUT2D eigenvalue weighted by Crippen LogP contribution is 2.26. The molecule has 0 aromatic heterocycles. The van der Waals surface area contributed by atoms with Gasteiger partial charge >= 0.3 is 6.03 Å². The van der Waals surface area contributed by atoms with E-state index in [2.05, 4.69) is 16.7 Å². The number of aliphatic hydroxyl groups is 1. The van der Waals surface area contributed by atoms with Gasteiger partial charge in [-0.1, -0.05) is 25.7 Å². The van der Waals surface area contributed by atoms with Gasteiger partial charge < -0.3 is 20.5 Å². The Hall–Kier alpha value is -3.04. The first kappa shape index (κ1) is 19.7. The van der Waals surface area contributed by atoms with Crippen molar-refractivity contribution in [1.29, 1.82) is 5.26 Å². The van der Waals surface area contributed by atoms with Crippen molar-refractivity contribution < 1.29 is 14.6 Å². The number of benzene rings is 2. The summed E-state index contributed by atoms with van der Waals surface area (Å²) in [5.41, 5.74) is 0.413. The molecule has 3 N–H and O–H groups in total. The van der Waals surface area contributed by atoms with Crippen LogP contribution in [0.1, 0.15) is 44.1 Å². The van der Waals surface area contributed by atoms with Crippen LogP contribution in [-0.4, -0.2) is 23.3 Å². The molecule has 1 saturated carbocycles.